The van der Waals surface area contributed by atoms with E-state index < -0.39 is 0 Å². The van der Waals surface area contributed by atoms with E-state index >= 15 is 0 Å². The second-order valence-corrected chi connectivity index (χ2v) is 5.42. The third kappa shape index (κ3) is 2.09. The van der Waals surface area contributed by atoms with Crippen LogP contribution < -0.4 is 0 Å². The van der Waals surface area contributed by atoms with Crippen molar-refractivity contribution < 1.29 is 0 Å². The highest BCUT2D eigenvalue weighted by atomic mass is 14.3. The van der Waals surface area contributed by atoms with Gasteiger partial charge in [-0.1, -0.05) is 91.0 Å². The van der Waals surface area contributed by atoms with Gasteiger partial charge in [0.1, 0.15) is 0 Å². The fourth-order valence-corrected chi connectivity index (χ4v) is 3.17. The van der Waals surface area contributed by atoms with Gasteiger partial charge in [-0.25, -0.2) is 0 Å². The van der Waals surface area contributed by atoms with Gasteiger partial charge in [-0.15, -0.1) is 0 Å². The summed E-state index contributed by atoms with van der Waals surface area (Å²) in [7, 11) is 0. The monoisotopic (exact) mass is 268 g/mol. The molecule has 0 spiro atoms. The van der Waals surface area contributed by atoms with Crippen molar-refractivity contribution >= 4 is 5.57 Å². The van der Waals surface area contributed by atoms with Gasteiger partial charge in [0.05, 0.1) is 0 Å². The predicted octanol–water partition coefficient (Wildman–Crippen LogP) is 5.26. The summed E-state index contributed by atoms with van der Waals surface area (Å²) in [5, 5.41) is 0. The van der Waals surface area contributed by atoms with Gasteiger partial charge in [-0.05, 0) is 27.8 Å². The molecule has 3 aromatic rings. The van der Waals surface area contributed by atoms with Crippen LogP contribution in [0.1, 0.15) is 28.2 Å². The zero-order valence-corrected chi connectivity index (χ0v) is 11.7. The van der Waals surface area contributed by atoms with Gasteiger partial charge in [0.25, 0.3) is 0 Å². The molecule has 0 saturated carbocycles. The van der Waals surface area contributed by atoms with Gasteiger partial charge in [0.2, 0.25) is 0 Å². The SMILES string of the molecule is C1=C(c2ccccc2)c2ccccc2[C@@H]1c1ccccc1. The van der Waals surface area contributed by atoms with E-state index in [-0.39, 0.29) is 0 Å². The molecular weight excluding hydrogens is 252 g/mol. The number of benzene rings is 3. The molecule has 0 saturated heterocycles. The maximum Gasteiger partial charge on any atom is 0.0284 e. The molecule has 4 rings (SSSR count). The highest BCUT2D eigenvalue weighted by Gasteiger charge is 2.24. The molecule has 0 bridgehead atoms. The van der Waals surface area contributed by atoms with Crippen LogP contribution in [0.5, 0.6) is 0 Å². The fourth-order valence-electron chi connectivity index (χ4n) is 3.17. The molecule has 0 radical (unpaired) electrons. The summed E-state index contributed by atoms with van der Waals surface area (Å²) in [6.45, 7) is 0. The number of hydrogen-bond acceptors (Lipinski definition) is 0. The molecule has 100 valence electrons. The Hall–Kier alpha value is -2.60. The van der Waals surface area contributed by atoms with Crippen molar-refractivity contribution in [3.63, 3.8) is 0 Å². The lowest BCUT2D eigenvalue weighted by Crippen LogP contribution is -1.94. The number of rotatable bonds is 2. The summed E-state index contributed by atoms with van der Waals surface area (Å²) in [5.74, 6) is 0.359. The standard InChI is InChI=1S/C21H16/c1-3-9-16(10-4-1)20-15-21(17-11-5-2-6-12-17)19-14-8-7-13-18(19)20/h1-15,20H/t20-/m0/s1. The van der Waals surface area contributed by atoms with Gasteiger partial charge in [-0.2, -0.15) is 0 Å². The second kappa shape index (κ2) is 5.06. The Morgan fingerprint density at radius 3 is 1.95 bits per heavy atom. The van der Waals surface area contributed by atoms with Gasteiger partial charge < -0.3 is 0 Å². The summed E-state index contributed by atoms with van der Waals surface area (Å²) < 4.78 is 0. The van der Waals surface area contributed by atoms with Crippen molar-refractivity contribution in [3.05, 3.63) is 113 Å². The quantitative estimate of drug-likeness (QED) is 0.594. The summed E-state index contributed by atoms with van der Waals surface area (Å²) in [6, 6.07) is 30.1. The Kier molecular flexibility index (Phi) is 2.93. The number of hydrogen-bond donors (Lipinski definition) is 0. The van der Waals surface area contributed by atoms with Crippen molar-refractivity contribution in [1.29, 1.82) is 0 Å². The molecule has 0 aromatic heterocycles. The summed E-state index contributed by atoms with van der Waals surface area (Å²) in [4.78, 5) is 0. The summed E-state index contributed by atoms with van der Waals surface area (Å²) >= 11 is 0. The number of allylic oxidation sites excluding steroid dienone is 1. The van der Waals surface area contributed by atoms with Gasteiger partial charge in [0, 0.05) is 5.92 Å². The molecule has 21 heavy (non-hydrogen) atoms. The molecule has 0 N–H and O–H groups in total. The highest BCUT2D eigenvalue weighted by Crippen LogP contribution is 2.42. The minimum Gasteiger partial charge on any atom is -0.0641 e. The van der Waals surface area contributed by atoms with Crippen LogP contribution in [-0.2, 0) is 0 Å². The molecule has 0 heteroatoms. The van der Waals surface area contributed by atoms with Gasteiger partial charge in [0.15, 0.2) is 0 Å². The first-order valence-corrected chi connectivity index (χ1v) is 7.35. The highest BCUT2D eigenvalue weighted by molar-refractivity contribution is 5.86. The third-order valence-corrected chi connectivity index (χ3v) is 4.16. The predicted molar refractivity (Wildman–Crippen MR) is 88.2 cm³/mol. The van der Waals surface area contributed by atoms with Gasteiger partial charge in [-0.3, -0.25) is 0 Å². The minimum absolute atomic E-state index is 0.359. The first kappa shape index (κ1) is 12.2. The third-order valence-electron chi connectivity index (χ3n) is 4.16. The maximum atomic E-state index is 2.40. The van der Waals surface area contributed by atoms with Crippen molar-refractivity contribution in [3.8, 4) is 0 Å². The van der Waals surface area contributed by atoms with Crippen LogP contribution in [0.2, 0.25) is 0 Å². The van der Waals surface area contributed by atoms with Crippen LogP contribution in [0.25, 0.3) is 5.57 Å². The van der Waals surface area contributed by atoms with Crippen LogP contribution in [-0.4, -0.2) is 0 Å². The molecule has 0 nitrogen and oxygen atoms in total. The van der Waals surface area contributed by atoms with Crippen LogP contribution >= 0.6 is 0 Å². The van der Waals surface area contributed by atoms with E-state index in [1.165, 1.54) is 27.8 Å². The molecule has 0 aliphatic heterocycles. The van der Waals surface area contributed by atoms with E-state index in [0.717, 1.165) is 0 Å². The molecular formula is C21H16. The van der Waals surface area contributed by atoms with Crippen molar-refractivity contribution in [2.75, 3.05) is 0 Å². The van der Waals surface area contributed by atoms with Crippen molar-refractivity contribution in [1.82, 2.24) is 0 Å². The Labute approximate surface area is 125 Å². The summed E-state index contributed by atoms with van der Waals surface area (Å²) in [6.07, 6.45) is 2.40. The second-order valence-electron chi connectivity index (χ2n) is 5.42. The van der Waals surface area contributed by atoms with Crippen LogP contribution in [0.3, 0.4) is 0 Å². The molecule has 0 unspecified atom stereocenters. The Morgan fingerprint density at radius 1 is 0.571 bits per heavy atom. The first-order chi connectivity index (χ1) is 10.4. The molecule has 1 aliphatic rings. The Bertz CT molecular complexity index is 783. The zero-order chi connectivity index (χ0) is 14.1. The molecule has 1 aliphatic carbocycles. The molecule has 0 heterocycles. The Morgan fingerprint density at radius 2 is 1.19 bits per heavy atom. The van der Waals surface area contributed by atoms with Gasteiger partial charge >= 0.3 is 0 Å². The molecule has 3 aromatic carbocycles. The lowest BCUT2D eigenvalue weighted by molar-refractivity contribution is 1.05. The normalized spacial score (nSPS) is 16.4. The topological polar surface area (TPSA) is 0 Å². The fraction of sp³-hybridized carbons (Fsp3) is 0.0476. The average Bonchev–Trinajstić information content (AvgIpc) is 2.96. The van der Waals surface area contributed by atoms with Crippen molar-refractivity contribution in [2.24, 2.45) is 0 Å². The number of fused-ring (bicyclic) bond motifs is 1. The van der Waals surface area contributed by atoms with E-state index in [4.69, 9.17) is 0 Å². The van der Waals surface area contributed by atoms with Crippen LogP contribution in [0, 0.1) is 0 Å². The lowest BCUT2D eigenvalue weighted by Gasteiger charge is -2.10. The van der Waals surface area contributed by atoms with Crippen molar-refractivity contribution in [2.45, 2.75) is 5.92 Å². The smallest absolute Gasteiger partial charge is 0.0284 e. The van der Waals surface area contributed by atoms with E-state index in [9.17, 15) is 0 Å². The summed E-state index contributed by atoms with van der Waals surface area (Å²) in [5.41, 5.74) is 6.76. The van der Waals surface area contributed by atoms with E-state index in [1.54, 1.807) is 0 Å². The Balaban J connectivity index is 1.89. The largest absolute Gasteiger partial charge is 0.0641 e. The first-order valence-electron chi connectivity index (χ1n) is 7.35. The average molecular weight is 268 g/mol. The lowest BCUT2D eigenvalue weighted by atomic mass is 9.93. The van der Waals surface area contributed by atoms with E-state index in [2.05, 4.69) is 91.0 Å². The van der Waals surface area contributed by atoms with Crippen LogP contribution in [0.4, 0.5) is 0 Å². The zero-order valence-electron chi connectivity index (χ0n) is 11.7. The molecule has 0 amide bonds. The molecule has 0 fully saturated rings. The maximum absolute atomic E-state index is 2.40. The van der Waals surface area contributed by atoms with E-state index in [1.807, 2.05) is 0 Å². The van der Waals surface area contributed by atoms with Crippen LogP contribution in [0.15, 0.2) is 91.0 Å². The van der Waals surface area contributed by atoms with E-state index in [0.29, 0.717) is 5.92 Å². The molecule has 1 atom stereocenters. The minimum atomic E-state index is 0.359.